The first-order valence-electron chi connectivity index (χ1n) is 8.22. The molecule has 0 unspecified atom stereocenters. The molecular formula is C18H21Cl2N3O2. The minimum Gasteiger partial charge on any atom is -0.444 e. The molecule has 3 rings (SSSR count). The number of carbonyl (C=O) groups excluding carboxylic acids is 1. The molecule has 0 N–H and O–H groups in total. The van der Waals surface area contributed by atoms with Gasteiger partial charge in [-0.2, -0.15) is 0 Å². The van der Waals surface area contributed by atoms with Gasteiger partial charge in [-0.05, 0) is 45.0 Å². The lowest BCUT2D eigenvalue weighted by Gasteiger charge is -2.37. The molecule has 1 saturated heterocycles. The van der Waals surface area contributed by atoms with Crippen LogP contribution in [-0.2, 0) is 4.74 Å². The summed E-state index contributed by atoms with van der Waals surface area (Å²) in [5, 5.41) is 2.07. The quantitative estimate of drug-likeness (QED) is 0.677. The normalized spacial score (nSPS) is 15.6. The summed E-state index contributed by atoms with van der Waals surface area (Å²) in [6.45, 7) is 8.11. The van der Waals surface area contributed by atoms with Crippen LogP contribution in [0.4, 0.5) is 10.5 Å². The first-order valence-corrected chi connectivity index (χ1v) is 8.97. The third kappa shape index (κ3) is 4.28. The van der Waals surface area contributed by atoms with Crippen molar-refractivity contribution in [3.05, 3.63) is 34.4 Å². The lowest BCUT2D eigenvalue weighted by Crippen LogP contribution is -2.50. The number of ether oxygens (including phenoxy) is 1. The molecule has 2 heterocycles. The van der Waals surface area contributed by atoms with Crippen LogP contribution in [0, 0.1) is 0 Å². The first-order chi connectivity index (χ1) is 11.7. The molecule has 1 aromatic carbocycles. The Bertz CT molecular complexity index is 797. The highest BCUT2D eigenvalue weighted by Crippen LogP contribution is 2.30. The van der Waals surface area contributed by atoms with E-state index in [1.807, 2.05) is 39.0 Å². The second-order valence-electron chi connectivity index (χ2n) is 7.09. The molecule has 1 aromatic heterocycles. The summed E-state index contributed by atoms with van der Waals surface area (Å²) in [6, 6.07) is 7.53. The predicted octanol–water partition coefficient (Wildman–Crippen LogP) is 4.60. The van der Waals surface area contributed by atoms with Crippen LogP contribution in [0.5, 0.6) is 0 Å². The number of carbonyl (C=O) groups is 1. The number of aromatic nitrogens is 1. The van der Waals surface area contributed by atoms with Crippen molar-refractivity contribution in [2.24, 2.45) is 0 Å². The Labute approximate surface area is 157 Å². The molecule has 25 heavy (non-hydrogen) atoms. The summed E-state index contributed by atoms with van der Waals surface area (Å²) in [7, 11) is 0. The molecule has 7 heteroatoms. The summed E-state index contributed by atoms with van der Waals surface area (Å²) >= 11 is 12.4. The molecule has 1 aliphatic rings. The van der Waals surface area contributed by atoms with E-state index in [-0.39, 0.29) is 6.09 Å². The SMILES string of the molecule is CC(C)(C)OC(=O)N1CCN(c2cc3cc(Cl)ccc3nc2Cl)CC1. The molecule has 0 radical (unpaired) electrons. The summed E-state index contributed by atoms with van der Waals surface area (Å²) in [5.41, 5.74) is 1.19. The van der Waals surface area contributed by atoms with E-state index in [1.54, 1.807) is 11.0 Å². The van der Waals surface area contributed by atoms with E-state index in [2.05, 4.69) is 9.88 Å². The van der Waals surface area contributed by atoms with E-state index in [4.69, 9.17) is 27.9 Å². The van der Waals surface area contributed by atoms with Crippen molar-refractivity contribution >= 4 is 45.9 Å². The van der Waals surface area contributed by atoms with E-state index in [0.29, 0.717) is 36.4 Å². The van der Waals surface area contributed by atoms with Gasteiger partial charge in [0.05, 0.1) is 11.2 Å². The number of benzene rings is 1. The smallest absolute Gasteiger partial charge is 0.410 e. The van der Waals surface area contributed by atoms with E-state index in [0.717, 1.165) is 16.6 Å². The van der Waals surface area contributed by atoms with Crippen molar-refractivity contribution in [2.45, 2.75) is 26.4 Å². The largest absolute Gasteiger partial charge is 0.444 e. The zero-order chi connectivity index (χ0) is 18.2. The van der Waals surface area contributed by atoms with Crippen LogP contribution < -0.4 is 4.90 Å². The van der Waals surface area contributed by atoms with Crippen molar-refractivity contribution in [3.8, 4) is 0 Å². The van der Waals surface area contributed by atoms with Crippen LogP contribution in [-0.4, -0.2) is 47.8 Å². The number of halogens is 2. The monoisotopic (exact) mass is 381 g/mol. The molecule has 5 nitrogen and oxygen atoms in total. The molecule has 0 bridgehead atoms. The van der Waals surface area contributed by atoms with Crippen LogP contribution in [0.15, 0.2) is 24.3 Å². The van der Waals surface area contributed by atoms with Gasteiger partial charge in [0.1, 0.15) is 5.60 Å². The molecule has 0 aliphatic carbocycles. The zero-order valence-corrected chi connectivity index (χ0v) is 16.1. The van der Waals surface area contributed by atoms with Gasteiger partial charge in [-0.25, -0.2) is 9.78 Å². The fourth-order valence-electron chi connectivity index (χ4n) is 2.79. The lowest BCUT2D eigenvalue weighted by molar-refractivity contribution is 0.0240. The standard InChI is InChI=1S/C18H21Cl2N3O2/c1-18(2,3)25-17(24)23-8-6-22(7-9-23)15-11-12-10-13(19)4-5-14(12)21-16(15)20/h4-5,10-11H,6-9H2,1-3H3. The van der Waals surface area contributed by atoms with Gasteiger partial charge in [0.2, 0.25) is 0 Å². The number of amides is 1. The third-order valence-corrected chi connectivity index (χ3v) is 4.50. The second-order valence-corrected chi connectivity index (χ2v) is 7.88. The molecular weight excluding hydrogens is 361 g/mol. The molecule has 134 valence electrons. The number of anilines is 1. The Morgan fingerprint density at radius 2 is 1.80 bits per heavy atom. The first kappa shape index (κ1) is 18.1. The van der Waals surface area contributed by atoms with E-state index < -0.39 is 5.60 Å². The number of hydrogen-bond acceptors (Lipinski definition) is 4. The Morgan fingerprint density at radius 3 is 2.44 bits per heavy atom. The molecule has 2 aromatic rings. The van der Waals surface area contributed by atoms with E-state index >= 15 is 0 Å². The van der Waals surface area contributed by atoms with Gasteiger partial charge in [-0.15, -0.1) is 0 Å². The molecule has 0 saturated carbocycles. The van der Waals surface area contributed by atoms with E-state index in [9.17, 15) is 4.79 Å². The topological polar surface area (TPSA) is 45.7 Å². The lowest BCUT2D eigenvalue weighted by atomic mass is 10.2. The average molecular weight is 382 g/mol. The van der Waals surface area contributed by atoms with Gasteiger partial charge in [0, 0.05) is 36.6 Å². The van der Waals surface area contributed by atoms with Gasteiger partial charge in [0.15, 0.2) is 5.15 Å². The van der Waals surface area contributed by atoms with Crippen LogP contribution in [0.1, 0.15) is 20.8 Å². The number of pyridine rings is 1. The predicted molar refractivity (Wildman–Crippen MR) is 102 cm³/mol. The summed E-state index contributed by atoms with van der Waals surface area (Å²) in [6.07, 6.45) is -0.276. The molecule has 1 aliphatic heterocycles. The molecule has 1 amide bonds. The van der Waals surface area contributed by atoms with Gasteiger partial charge < -0.3 is 14.5 Å². The number of piperazine rings is 1. The maximum Gasteiger partial charge on any atom is 0.410 e. The average Bonchev–Trinajstić information content (AvgIpc) is 2.53. The van der Waals surface area contributed by atoms with Crippen molar-refractivity contribution in [3.63, 3.8) is 0 Å². The maximum atomic E-state index is 12.2. The second kappa shape index (κ2) is 6.89. The summed E-state index contributed by atoms with van der Waals surface area (Å²) in [5.74, 6) is 0. The summed E-state index contributed by atoms with van der Waals surface area (Å²) < 4.78 is 5.43. The number of rotatable bonds is 1. The number of fused-ring (bicyclic) bond motifs is 1. The third-order valence-electron chi connectivity index (χ3n) is 3.98. The highest BCUT2D eigenvalue weighted by atomic mass is 35.5. The Kier molecular flexibility index (Phi) is 4.98. The zero-order valence-electron chi connectivity index (χ0n) is 14.6. The van der Waals surface area contributed by atoms with Crippen molar-refractivity contribution in [2.75, 3.05) is 31.1 Å². The Hall–Kier alpha value is -1.72. The molecule has 0 atom stereocenters. The Balaban J connectivity index is 1.73. The Morgan fingerprint density at radius 1 is 1.12 bits per heavy atom. The molecule has 0 spiro atoms. The highest BCUT2D eigenvalue weighted by Gasteiger charge is 2.26. The van der Waals surface area contributed by atoms with Gasteiger partial charge in [-0.3, -0.25) is 0 Å². The number of nitrogens with zero attached hydrogens (tertiary/aromatic N) is 3. The van der Waals surface area contributed by atoms with Crippen molar-refractivity contribution in [1.29, 1.82) is 0 Å². The fourth-order valence-corrected chi connectivity index (χ4v) is 3.24. The van der Waals surface area contributed by atoms with Crippen LogP contribution in [0.3, 0.4) is 0 Å². The van der Waals surface area contributed by atoms with Crippen LogP contribution in [0.2, 0.25) is 10.2 Å². The van der Waals surface area contributed by atoms with Gasteiger partial charge in [-0.1, -0.05) is 23.2 Å². The van der Waals surface area contributed by atoms with Crippen molar-refractivity contribution in [1.82, 2.24) is 9.88 Å². The minimum atomic E-state index is -0.487. The van der Waals surface area contributed by atoms with Gasteiger partial charge in [0.25, 0.3) is 0 Å². The fraction of sp³-hybridized carbons (Fsp3) is 0.444. The van der Waals surface area contributed by atoms with E-state index in [1.165, 1.54) is 0 Å². The minimum absolute atomic E-state index is 0.276. The van der Waals surface area contributed by atoms with Crippen LogP contribution in [0.25, 0.3) is 10.9 Å². The maximum absolute atomic E-state index is 12.2. The van der Waals surface area contributed by atoms with Gasteiger partial charge >= 0.3 is 6.09 Å². The molecule has 1 fully saturated rings. The summed E-state index contributed by atoms with van der Waals surface area (Å²) in [4.78, 5) is 20.5. The highest BCUT2D eigenvalue weighted by molar-refractivity contribution is 6.33. The van der Waals surface area contributed by atoms with Crippen LogP contribution >= 0.6 is 23.2 Å². The number of hydrogen-bond donors (Lipinski definition) is 0. The van der Waals surface area contributed by atoms with Crippen molar-refractivity contribution < 1.29 is 9.53 Å².